The van der Waals surface area contributed by atoms with E-state index < -0.39 is 11.9 Å². The molecule has 4 rings (SSSR count). The second-order valence-electron chi connectivity index (χ2n) is 10.2. The number of benzene rings is 2. The number of fused-ring (bicyclic) bond motifs is 2. The van der Waals surface area contributed by atoms with Gasteiger partial charge in [0.15, 0.2) is 0 Å². The molecule has 0 saturated heterocycles. The molecule has 8 nitrogen and oxygen atoms in total. The van der Waals surface area contributed by atoms with Crippen molar-refractivity contribution in [3.8, 4) is 0 Å². The highest BCUT2D eigenvalue weighted by Crippen LogP contribution is 2.37. The van der Waals surface area contributed by atoms with Crippen LogP contribution in [0.3, 0.4) is 0 Å². The zero-order valence-corrected chi connectivity index (χ0v) is 28.9. The molecular formula is C35H46N2O6S2. The van der Waals surface area contributed by atoms with Crippen LogP contribution in [0, 0.1) is 0 Å². The summed E-state index contributed by atoms with van der Waals surface area (Å²) in [6, 6.07) is 15.1. The molecule has 2 amide bonds. The fourth-order valence-corrected chi connectivity index (χ4v) is 6.47. The summed E-state index contributed by atoms with van der Waals surface area (Å²) in [7, 11) is 2.67. The van der Waals surface area contributed by atoms with Crippen LogP contribution in [0.15, 0.2) is 48.5 Å². The molecule has 0 atom stereocenters. The van der Waals surface area contributed by atoms with Gasteiger partial charge in [0.05, 0.1) is 25.6 Å². The molecule has 0 aliphatic carbocycles. The largest absolute Gasteiger partial charge is 0.465 e. The van der Waals surface area contributed by atoms with Gasteiger partial charge >= 0.3 is 11.9 Å². The van der Waals surface area contributed by atoms with E-state index in [2.05, 4.69) is 24.5 Å². The average molecular weight is 655 g/mol. The minimum Gasteiger partial charge on any atom is -0.465 e. The van der Waals surface area contributed by atoms with E-state index >= 15 is 0 Å². The van der Waals surface area contributed by atoms with Gasteiger partial charge in [-0.25, -0.2) is 9.59 Å². The number of nitrogens with one attached hydrogen (secondary N) is 2. The Bertz CT molecular complexity index is 1540. The van der Waals surface area contributed by atoms with E-state index in [1.54, 1.807) is 6.92 Å². The van der Waals surface area contributed by atoms with Gasteiger partial charge in [-0.15, -0.1) is 22.7 Å². The Hall–Kier alpha value is -3.76. The molecule has 2 aromatic heterocycles. The standard InChI is InChI=1S/C14H15NO3S.C13H13NO3S.C8H18/c1-3-6-11(16)15-12-9-7-4-5-8-10(9)19-13(12)14(17)18-2;1-3-10(15)14-11-8-6-4-5-7-9(8)18-12(11)13(16)17-2;1-3-5-7-8-6-4-2/h4-5,7-8H,3,6H2,1-2H3,(H,15,16);4-7H,3H2,1-2H3,(H,14,15);3-8H2,1-2H3. The summed E-state index contributed by atoms with van der Waals surface area (Å²) < 4.78 is 11.4. The van der Waals surface area contributed by atoms with Gasteiger partial charge in [0, 0.05) is 33.0 Å². The smallest absolute Gasteiger partial charge is 0.350 e. The minimum atomic E-state index is -0.428. The summed E-state index contributed by atoms with van der Waals surface area (Å²) in [6.07, 6.45) is 10.1. The molecule has 2 heterocycles. The molecule has 0 unspecified atom stereocenters. The maximum absolute atomic E-state index is 11.8. The van der Waals surface area contributed by atoms with Crippen LogP contribution in [-0.2, 0) is 19.1 Å². The van der Waals surface area contributed by atoms with Crippen LogP contribution < -0.4 is 10.6 Å². The van der Waals surface area contributed by atoms with Crippen molar-refractivity contribution in [1.82, 2.24) is 0 Å². The Balaban J connectivity index is 0.000000255. The number of amides is 2. The van der Waals surface area contributed by atoms with Gasteiger partial charge in [-0.05, 0) is 18.6 Å². The summed E-state index contributed by atoms with van der Waals surface area (Å²) in [4.78, 5) is 47.6. The molecule has 0 saturated carbocycles. The minimum absolute atomic E-state index is 0.0868. The third-order valence-corrected chi connectivity index (χ3v) is 9.02. The number of methoxy groups -OCH3 is 2. The number of anilines is 2. The van der Waals surface area contributed by atoms with Crippen LogP contribution >= 0.6 is 22.7 Å². The van der Waals surface area contributed by atoms with Crippen LogP contribution in [0.1, 0.15) is 105 Å². The third-order valence-electron chi connectivity index (χ3n) is 6.72. The maximum atomic E-state index is 11.8. The number of ether oxygens (including phenoxy) is 2. The molecule has 0 radical (unpaired) electrons. The molecule has 4 aromatic rings. The van der Waals surface area contributed by atoms with E-state index in [1.807, 2.05) is 55.5 Å². The lowest BCUT2D eigenvalue weighted by Crippen LogP contribution is -2.13. The number of hydrogen-bond donors (Lipinski definition) is 2. The highest BCUT2D eigenvalue weighted by atomic mass is 32.1. The monoisotopic (exact) mass is 654 g/mol. The van der Waals surface area contributed by atoms with Crippen molar-refractivity contribution in [3.63, 3.8) is 0 Å². The molecule has 2 N–H and O–H groups in total. The number of carbonyl (C=O) groups is 4. The molecule has 0 aliphatic heterocycles. The topological polar surface area (TPSA) is 111 Å². The predicted octanol–water partition coefficient (Wildman–Crippen LogP) is 9.83. The molecule has 0 bridgehead atoms. The highest BCUT2D eigenvalue weighted by Gasteiger charge is 2.21. The summed E-state index contributed by atoms with van der Waals surface area (Å²) in [6.45, 7) is 8.21. The quantitative estimate of drug-likeness (QED) is 0.116. The van der Waals surface area contributed by atoms with E-state index in [0.717, 1.165) is 26.6 Å². The number of hydrogen-bond acceptors (Lipinski definition) is 8. The lowest BCUT2D eigenvalue weighted by molar-refractivity contribution is -0.116. The number of rotatable bonds is 12. The lowest BCUT2D eigenvalue weighted by atomic mass is 10.1. The Kier molecular flexibility index (Phi) is 16.9. The van der Waals surface area contributed by atoms with Crippen molar-refractivity contribution in [2.24, 2.45) is 0 Å². The molecule has 2 aromatic carbocycles. The van der Waals surface area contributed by atoms with Gasteiger partial charge in [0.2, 0.25) is 11.8 Å². The van der Waals surface area contributed by atoms with Crippen molar-refractivity contribution in [2.75, 3.05) is 24.9 Å². The first-order valence-electron chi connectivity index (χ1n) is 15.5. The number of esters is 2. The van der Waals surface area contributed by atoms with E-state index in [0.29, 0.717) is 34.0 Å². The number of unbranched alkanes of at least 4 members (excludes halogenated alkanes) is 5. The molecule has 0 fully saturated rings. The molecule has 244 valence electrons. The van der Waals surface area contributed by atoms with Crippen molar-refractivity contribution in [3.05, 3.63) is 58.3 Å². The fourth-order valence-electron chi connectivity index (χ4n) is 4.32. The second-order valence-corrected chi connectivity index (χ2v) is 12.3. The Labute approximate surface area is 274 Å². The molecular weight excluding hydrogens is 609 g/mol. The van der Waals surface area contributed by atoms with Gasteiger partial charge < -0.3 is 20.1 Å². The Morgan fingerprint density at radius 2 is 1.02 bits per heavy atom. The van der Waals surface area contributed by atoms with Crippen LogP contribution in [0.25, 0.3) is 20.2 Å². The number of thiophene rings is 2. The normalized spacial score (nSPS) is 10.3. The second kappa shape index (κ2) is 20.3. The first kappa shape index (κ1) is 37.4. The van der Waals surface area contributed by atoms with Crippen molar-refractivity contribution in [2.45, 2.75) is 85.5 Å². The van der Waals surface area contributed by atoms with Crippen LogP contribution in [-0.4, -0.2) is 38.0 Å². The van der Waals surface area contributed by atoms with Crippen LogP contribution in [0.4, 0.5) is 11.4 Å². The predicted molar refractivity (Wildman–Crippen MR) is 188 cm³/mol. The SMILES string of the molecule is CCC(=O)Nc1c(C(=O)OC)sc2ccccc12.CCCC(=O)Nc1c(C(=O)OC)sc2ccccc12.CCCCCCCC. The Morgan fingerprint density at radius 1 is 0.600 bits per heavy atom. The summed E-state index contributed by atoms with van der Waals surface area (Å²) >= 11 is 2.65. The van der Waals surface area contributed by atoms with E-state index in [9.17, 15) is 19.2 Å². The zero-order chi connectivity index (χ0) is 33.2. The summed E-state index contributed by atoms with van der Waals surface area (Å²) in [5.41, 5.74) is 1.11. The summed E-state index contributed by atoms with van der Waals surface area (Å²) in [5.74, 6) is -1.06. The first-order chi connectivity index (χ1) is 21.8. The van der Waals surface area contributed by atoms with Gasteiger partial charge in [-0.2, -0.15) is 0 Å². The van der Waals surface area contributed by atoms with Gasteiger partial charge in [0.1, 0.15) is 9.75 Å². The fraction of sp³-hybridized carbons (Fsp3) is 0.429. The van der Waals surface area contributed by atoms with Crippen LogP contribution in [0.5, 0.6) is 0 Å². The van der Waals surface area contributed by atoms with Crippen molar-refractivity contribution >= 4 is 78.0 Å². The van der Waals surface area contributed by atoms with E-state index in [4.69, 9.17) is 9.47 Å². The van der Waals surface area contributed by atoms with Gasteiger partial charge in [0.25, 0.3) is 0 Å². The van der Waals surface area contributed by atoms with Gasteiger partial charge in [-0.1, -0.05) is 103 Å². The van der Waals surface area contributed by atoms with Crippen molar-refractivity contribution in [1.29, 1.82) is 0 Å². The molecule has 0 spiro atoms. The third kappa shape index (κ3) is 11.3. The van der Waals surface area contributed by atoms with E-state index in [-0.39, 0.29) is 11.8 Å². The highest BCUT2D eigenvalue weighted by molar-refractivity contribution is 7.22. The Morgan fingerprint density at radius 3 is 1.40 bits per heavy atom. The zero-order valence-electron chi connectivity index (χ0n) is 27.2. The van der Waals surface area contributed by atoms with E-state index in [1.165, 1.54) is 75.4 Å². The molecule has 10 heteroatoms. The average Bonchev–Trinajstić information content (AvgIpc) is 3.61. The van der Waals surface area contributed by atoms with Gasteiger partial charge in [-0.3, -0.25) is 9.59 Å². The summed E-state index contributed by atoms with van der Waals surface area (Å²) in [5, 5.41) is 7.33. The molecule has 0 aliphatic rings. The maximum Gasteiger partial charge on any atom is 0.350 e. The number of carbonyl (C=O) groups excluding carboxylic acids is 4. The first-order valence-corrected chi connectivity index (χ1v) is 17.2. The van der Waals surface area contributed by atoms with Crippen molar-refractivity contribution < 1.29 is 28.7 Å². The lowest BCUT2D eigenvalue weighted by Gasteiger charge is -2.05. The molecule has 45 heavy (non-hydrogen) atoms. The van der Waals surface area contributed by atoms with Crippen LogP contribution in [0.2, 0.25) is 0 Å².